The van der Waals surface area contributed by atoms with Crippen molar-refractivity contribution in [2.75, 3.05) is 19.6 Å². The summed E-state index contributed by atoms with van der Waals surface area (Å²) in [6.07, 6.45) is 0.0664. The summed E-state index contributed by atoms with van der Waals surface area (Å²) in [7, 11) is 0. The predicted octanol–water partition coefficient (Wildman–Crippen LogP) is 2.59. The smallest absolute Gasteiger partial charge is 0.252 e. The van der Waals surface area contributed by atoms with E-state index in [9.17, 15) is 8.78 Å². The first-order valence-corrected chi connectivity index (χ1v) is 5.49. The van der Waals surface area contributed by atoms with E-state index in [1.165, 1.54) is 0 Å². The summed E-state index contributed by atoms with van der Waals surface area (Å²) in [5.41, 5.74) is 0.0612. The van der Waals surface area contributed by atoms with Gasteiger partial charge < -0.3 is 4.90 Å². The molecular weight excluding hydrogens is 208 g/mol. The molecule has 0 aromatic rings. The third kappa shape index (κ3) is 1.89. The van der Waals surface area contributed by atoms with Gasteiger partial charge in [-0.3, -0.25) is 0 Å². The van der Waals surface area contributed by atoms with Gasteiger partial charge in [-0.2, -0.15) is 0 Å². The van der Waals surface area contributed by atoms with Gasteiger partial charge in [0, 0.05) is 32.0 Å². The minimum Gasteiger partial charge on any atom is -0.301 e. The topological polar surface area (TPSA) is 3.24 Å². The molecule has 1 aliphatic heterocycles. The largest absolute Gasteiger partial charge is 0.301 e. The Kier molecular flexibility index (Phi) is 2.31. The van der Waals surface area contributed by atoms with E-state index in [0.29, 0.717) is 6.54 Å². The lowest BCUT2D eigenvalue weighted by molar-refractivity contribution is 0.0889. The van der Waals surface area contributed by atoms with E-state index in [4.69, 9.17) is 11.6 Å². The van der Waals surface area contributed by atoms with Gasteiger partial charge in [0.2, 0.25) is 0 Å². The molecule has 14 heavy (non-hydrogen) atoms. The Labute approximate surface area is 88.4 Å². The Bertz CT molecular complexity index is 242. The van der Waals surface area contributed by atoms with E-state index in [2.05, 4.69) is 18.7 Å². The monoisotopic (exact) mass is 223 g/mol. The van der Waals surface area contributed by atoms with Crippen LogP contribution in [0.25, 0.3) is 0 Å². The molecule has 2 rings (SSSR count). The number of nitrogens with zero attached hydrogens (tertiary/aromatic N) is 1. The maximum absolute atomic E-state index is 12.7. The average molecular weight is 224 g/mol. The molecule has 2 unspecified atom stereocenters. The lowest BCUT2D eigenvalue weighted by Crippen LogP contribution is -2.26. The van der Waals surface area contributed by atoms with Crippen LogP contribution in [0, 0.1) is 11.3 Å². The molecule has 0 N–H and O–H groups in total. The average Bonchev–Trinajstić information content (AvgIpc) is 2.47. The van der Waals surface area contributed by atoms with Crippen LogP contribution in [-0.2, 0) is 0 Å². The van der Waals surface area contributed by atoms with Crippen LogP contribution in [0.3, 0.4) is 0 Å². The maximum atomic E-state index is 12.7. The molecule has 2 fully saturated rings. The van der Waals surface area contributed by atoms with E-state index in [1.54, 1.807) is 0 Å². The number of hydrogen-bond donors (Lipinski definition) is 0. The Morgan fingerprint density at radius 1 is 1.43 bits per heavy atom. The summed E-state index contributed by atoms with van der Waals surface area (Å²) in [5.74, 6) is -2.81. The lowest BCUT2D eigenvalue weighted by Gasteiger charge is -2.20. The van der Waals surface area contributed by atoms with Gasteiger partial charge in [0.15, 0.2) is 0 Å². The Hall–Kier alpha value is 0.110. The zero-order valence-electron chi connectivity index (χ0n) is 8.56. The molecule has 1 saturated carbocycles. The first-order valence-electron chi connectivity index (χ1n) is 5.05. The lowest BCUT2D eigenvalue weighted by atomic mass is 9.92. The number of rotatable bonds is 2. The maximum Gasteiger partial charge on any atom is 0.252 e. The van der Waals surface area contributed by atoms with Crippen molar-refractivity contribution in [3.8, 4) is 0 Å². The highest BCUT2D eigenvalue weighted by molar-refractivity contribution is 6.21. The molecule has 1 aliphatic carbocycles. The minimum atomic E-state index is -2.39. The minimum absolute atomic E-state index is 0.0612. The fraction of sp³-hybridized carbons (Fsp3) is 1.00. The number of halogens is 3. The number of hydrogen-bond acceptors (Lipinski definition) is 1. The van der Waals surface area contributed by atoms with E-state index >= 15 is 0 Å². The van der Waals surface area contributed by atoms with Crippen LogP contribution in [0.1, 0.15) is 20.3 Å². The third-order valence-electron chi connectivity index (χ3n) is 3.33. The van der Waals surface area contributed by atoms with Crippen LogP contribution in [0.2, 0.25) is 0 Å². The molecule has 0 spiro atoms. The van der Waals surface area contributed by atoms with Gasteiger partial charge in [0.25, 0.3) is 5.92 Å². The van der Waals surface area contributed by atoms with Crippen LogP contribution in [0.15, 0.2) is 0 Å². The molecule has 0 amide bonds. The fourth-order valence-electron chi connectivity index (χ4n) is 2.13. The van der Waals surface area contributed by atoms with Crippen molar-refractivity contribution in [1.29, 1.82) is 0 Å². The van der Waals surface area contributed by atoms with E-state index < -0.39 is 11.8 Å². The number of likely N-dealkylation sites (tertiary alicyclic amines) is 1. The van der Waals surface area contributed by atoms with Crippen LogP contribution >= 0.6 is 11.6 Å². The van der Waals surface area contributed by atoms with Gasteiger partial charge in [-0.05, 0) is 5.41 Å². The normalized spacial score (nSPS) is 40.1. The summed E-state index contributed by atoms with van der Waals surface area (Å²) in [6, 6.07) is 0. The highest BCUT2D eigenvalue weighted by Crippen LogP contribution is 2.49. The van der Waals surface area contributed by atoms with Crippen molar-refractivity contribution < 1.29 is 8.78 Å². The molecule has 0 radical (unpaired) electrons. The van der Waals surface area contributed by atoms with Crippen molar-refractivity contribution >= 4 is 11.6 Å². The van der Waals surface area contributed by atoms with E-state index in [1.807, 2.05) is 0 Å². The Morgan fingerprint density at radius 3 is 2.36 bits per heavy atom. The molecule has 1 heterocycles. The highest BCUT2D eigenvalue weighted by atomic mass is 35.5. The zero-order valence-corrected chi connectivity index (χ0v) is 9.32. The van der Waals surface area contributed by atoms with Crippen molar-refractivity contribution in [2.24, 2.45) is 11.3 Å². The number of alkyl halides is 3. The molecule has 2 aliphatic rings. The zero-order chi connectivity index (χ0) is 10.6. The SMILES string of the molecule is CC1(C)CN(CC2CC2(F)F)CC1Cl. The van der Waals surface area contributed by atoms with Gasteiger partial charge in [0.1, 0.15) is 0 Å². The first-order chi connectivity index (χ1) is 6.31. The van der Waals surface area contributed by atoms with Crippen LogP contribution in [0.4, 0.5) is 8.78 Å². The summed E-state index contributed by atoms with van der Waals surface area (Å²) in [5, 5.41) is 0.0925. The quantitative estimate of drug-likeness (QED) is 0.651. The molecule has 0 aromatic carbocycles. The van der Waals surface area contributed by atoms with Gasteiger partial charge in [-0.25, -0.2) is 8.78 Å². The molecule has 4 heteroatoms. The van der Waals surface area contributed by atoms with Crippen molar-refractivity contribution in [2.45, 2.75) is 31.6 Å². The molecule has 82 valence electrons. The van der Waals surface area contributed by atoms with Gasteiger partial charge in [-0.15, -0.1) is 11.6 Å². The van der Waals surface area contributed by atoms with Crippen molar-refractivity contribution in [1.82, 2.24) is 4.90 Å². The Morgan fingerprint density at radius 2 is 2.00 bits per heavy atom. The first kappa shape index (κ1) is 10.6. The second-order valence-corrected chi connectivity index (χ2v) is 5.84. The van der Waals surface area contributed by atoms with E-state index in [-0.39, 0.29) is 17.2 Å². The van der Waals surface area contributed by atoms with Crippen molar-refractivity contribution in [3.63, 3.8) is 0 Å². The third-order valence-corrected chi connectivity index (χ3v) is 4.06. The van der Waals surface area contributed by atoms with Crippen LogP contribution < -0.4 is 0 Å². The van der Waals surface area contributed by atoms with E-state index in [0.717, 1.165) is 13.1 Å². The van der Waals surface area contributed by atoms with Gasteiger partial charge in [-0.1, -0.05) is 13.8 Å². The molecule has 1 saturated heterocycles. The summed E-state index contributed by atoms with van der Waals surface area (Å²) in [6.45, 7) is 6.29. The fourth-order valence-corrected chi connectivity index (χ4v) is 2.40. The van der Waals surface area contributed by atoms with Gasteiger partial charge >= 0.3 is 0 Å². The summed E-state index contributed by atoms with van der Waals surface area (Å²) < 4.78 is 25.4. The van der Waals surface area contributed by atoms with Gasteiger partial charge in [0.05, 0.1) is 5.38 Å². The second kappa shape index (κ2) is 3.05. The molecule has 0 bridgehead atoms. The summed E-state index contributed by atoms with van der Waals surface area (Å²) >= 11 is 6.14. The predicted molar refractivity (Wildman–Crippen MR) is 52.9 cm³/mol. The van der Waals surface area contributed by atoms with Crippen LogP contribution in [0.5, 0.6) is 0 Å². The van der Waals surface area contributed by atoms with Crippen LogP contribution in [-0.4, -0.2) is 35.8 Å². The molecule has 2 atom stereocenters. The molecule has 0 aromatic heterocycles. The standard InChI is InChI=1S/C10H16ClF2N/c1-9(2)6-14(5-8(9)11)4-7-3-10(7,12)13/h7-8H,3-6H2,1-2H3. The Balaban J connectivity index is 1.85. The van der Waals surface area contributed by atoms with Crippen molar-refractivity contribution in [3.05, 3.63) is 0 Å². The summed E-state index contributed by atoms with van der Waals surface area (Å²) in [4.78, 5) is 2.07. The molecular formula is C10H16ClF2N. The highest BCUT2D eigenvalue weighted by Gasteiger charge is 2.57. The molecule has 1 nitrogen and oxygen atoms in total. The second-order valence-electron chi connectivity index (χ2n) is 5.31.